The summed E-state index contributed by atoms with van der Waals surface area (Å²) < 4.78 is 0. The molecule has 6 heteroatoms. The van der Waals surface area contributed by atoms with Gasteiger partial charge in [0, 0.05) is 6.20 Å². The van der Waals surface area contributed by atoms with Crippen molar-refractivity contribution in [3.05, 3.63) is 29.6 Å². The van der Waals surface area contributed by atoms with Crippen LogP contribution in [0, 0.1) is 5.41 Å². The summed E-state index contributed by atoms with van der Waals surface area (Å²) in [5.41, 5.74) is -2.19. The van der Waals surface area contributed by atoms with Crippen LogP contribution in [-0.2, 0) is 4.79 Å². The molecule has 1 aromatic heterocycles. The summed E-state index contributed by atoms with van der Waals surface area (Å²) in [5.74, 6) is -2.13. The molecule has 1 aliphatic heterocycles. The maximum atomic E-state index is 12.4. The van der Waals surface area contributed by atoms with Crippen molar-refractivity contribution in [2.24, 2.45) is 5.41 Å². The Morgan fingerprint density at radius 3 is 2.30 bits per heavy atom. The Bertz CT molecular complexity index is 584. The number of nitrogens with zero attached hydrogens (tertiary/aromatic N) is 2. The molecule has 106 valence electrons. The summed E-state index contributed by atoms with van der Waals surface area (Å²) in [6.07, 6.45) is 1.43. The number of rotatable bonds is 3. The average Bonchev–Trinajstić information content (AvgIpc) is 2.62. The van der Waals surface area contributed by atoms with Crippen LogP contribution in [0.4, 0.5) is 0 Å². The molecule has 0 aliphatic carbocycles. The Morgan fingerprint density at radius 1 is 1.20 bits per heavy atom. The summed E-state index contributed by atoms with van der Waals surface area (Å²) >= 11 is 0. The third kappa shape index (κ3) is 1.64. The quantitative estimate of drug-likeness (QED) is 0.846. The van der Waals surface area contributed by atoms with Gasteiger partial charge in [0.25, 0.3) is 11.8 Å². The van der Waals surface area contributed by atoms with Gasteiger partial charge in [-0.3, -0.25) is 24.3 Å². The monoisotopic (exact) mass is 276 g/mol. The van der Waals surface area contributed by atoms with E-state index in [-0.39, 0.29) is 11.3 Å². The highest BCUT2D eigenvalue weighted by molar-refractivity contribution is 6.21. The average molecular weight is 276 g/mol. The molecule has 2 rings (SSSR count). The smallest absolute Gasteiger partial charge is 0.311 e. The van der Waals surface area contributed by atoms with Crippen molar-refractivity contribution in [2.45, 2.75) is 33.2 Å². The molecule has 2 heterocycles. The van der Waals surface area contributed by atoms with E-state index < -0.39 is 28.7 Å². The standard InChI is InChI=1S/C14H16N2O4/c1-13(2,12(19)20)14(3,4)16-10(17)8-6-5-7-15-9(8)11(16)18/h5-7H,1-4H3,(H,19,20). The van der Waals surface area contributed by atoms with Gasteiger partial charge in [0.2, 0.25) is 0 Å². The highest BCUT2D eigenvalue weighted by atomic mass is 16.4. The molecule has 6 nitrogen and oxygen atoms in total. The largest absolute Gasteiger partial charge is 0.481 e. The summed E-state index contributed by atoms with van der Waals surface area (Å²) in [7, 11) is 0. The number of pyridine rings is 1. The fourth-order valence-electron chi connectivity index (χ4n) is 2.12. The molecule has 1 N–H and O–H groups in total. The van der Waals surface area contributed by atoms with Crippen LogP contribution in [-0.4, -0.2) is 38.3 Å². The molecule has 0 unspecified atom stereocenters. The molecule has 0 aromatic carbocycles. The summed E-state index contributed by atoms with van der Waals surface area (Å²) in [6.45, 7) is 6.13. The molecule has 0 fully saturated rings. The summed E-state index contributed by atoms with van der Waals surface area (Å²) in [4.78, 5) is 41.1. The number of imide groups is 1. The molecule has 1 aromatic rings. The predicted octanol–water partition coefficient (Wildman–Crippen LogP) is 1.57. The van der Waals surface area contributed by atoms with E-state index in [1.54, 1.807) is 19.9 Å². The second-order valence-electron chi connectivity index (χ2n) is 5.83. The zero-order valence-corrected chi connectivity index (χ0v) is 11.8. The normalized spacial score (nSPS) is 15.5. The van der Waals surface area contributed by atoms with Gasteiger partial charge >= 0.3 is 5.97 Å². The number of fused-ring (bicyclic) bond motifs is 1. The lowest BCUT2D eigenvalue weighted by molar-refractivity contribution is -0.153. The Balaban J connectivity index is 2.54. The molecule has 20 heavy (non-hydrogen) atoms. The van der Waals surface area contributed by atoms with Crippen molar-refractivity contribution in [1.29, 1.82) is 0 Å². The van der Waals surface area contributed by atoms with Gasteiger partial charge in [0.05, 0.1) is 16.5 Å². The van der Waals surface area contributed by atoms with Crippen LogP contribution < -0.4 is 0 Å². The van der Waals surface area contributed by atoms with E-state index in [0.717, 1.165) is 4.90 Å². The van der Waals surface area contributed by atoms with Gasteiger partial charge in [0.1, 0.15) is 5.69 Å². The van der Waals surface area contributed by atoms with Gasteiger partial charge in [-0.05, 0) is 39.8 Å². The highest BCUT2D eigenvalue weighted by Crippen LogP contribution is 2.40. The number of carbonyl (C=O) groups excluding carboxylic acids is 2. The predicted molar refractivity (Wildman–Crippen MR) is 70.2 cm³/mol. The van der Waals surface area contributed by atoms with Crippen LogP contribution in [0.2, 0.25) is 0 Å². The van der Waals surface area contributed by atoms with E-state index in [2.05, 4.69) is 4.98 Å². The van der Waals surface area contributed by atoms with Gasteiger partial charge in [-0.25, -0.2) is 0 Å². The van der Waals surface area contributed by atoms with Crippen LogP contribution in [0.3, 0.4) is 0 Å². The lowest BCUT2D eigenvalue weighted by Crippen LogP contribution is -2.59. The first kappa shape index (κ1) is 14.2. The molecule has 0 saturated heterocycles. The van der Waals surface area contributed by atoms with Crippen molar-refractivity contribution >= 4 is 17.8 Å². The first-order valence-electron chi connectivity index (χ1n) is 6.19. The van der Waals surface area contributed by atoms with Crippen molar-refractivity contribution in [2.75, 3.05) is 0 Å². The second kappa shape index (κ2) is 4.13. The number of carboxylic acid groups (broad SMARTS) is 1. The molecule has 2 amide bonds. The van der Waals surface area contributed by atoms with Crippen LogP contribution in [0.1, 0.15) is 48.5 Å². The van der Waals surface area contributed by atoms with Crippen molar-refractivity contribution in [3.63, 3.8) is 0 Å². The first-order valence-corrected chi connectivity index (χ1v) is 6.19. The van der Waals surface area contributed by atoms with Crippen molar-refractivity contribution in [3.8, 4) is 0 Å². The molecular formula is C14H16N2O4. The number of carbonyl (C=O) groups is 3. The van der Waals surface area contributed by atoms with Gasteiger partial charge in [-0.1, -0.05) is 0 Å². The summed E-state index contributed by atoms with van der Waals surface area (Å²) in [6, 6.07) is 3.09. The molecule has 0 atom stereocenters. The third-order valence-corrected chi connectivity index (χ3v) is 4.27. The second-order valence-corrected chi connectivity index (χ2v) is 5.83. The number of aliphatic carboxylic acids is 1. The Hall–Kier alpha value is -2.24. The molecule has 0 saturated carbocycles. The lowest BCUT2D eigenvalue weighted by atomic mass is 9.73. The summed E-state index contributed by atoms with van der Waals surface area (Å²) in [5, 5.41) is 9.36. The zero-order valence-electron chi connectivity index (χ0n) is 11.8. The van der Waals surface area contributed by atoms with Crippen LogP contribution in [0.25, 0.3) is 0 Å². The fourth-order valence-corrected chi connectivity index (χ4v) is 2.12. The molecule has 0 bridgehead atoms. The van der Waals surface area contributed by atoms with Crippen molar-refractivity contribution in [1.82, 2.24) is 9.88 Å². The number of hydrogen-bond acceptors (Lipinski definition) is 4. The fraction of sp³-hybridized carbons (Fsp3) is 0.429. The van der Waals surface area contributed by atoms with Gasteiger partial charge in [-0.2, -0.15) is 0 Å². The first-order chi connectivity index (χ1) is 9.12. The third-order valence-electron chi connectivity index (χ3n) is 4.27. The SMILES string of the molecule is CC(C)(C(=O)O)C(C)(C)N1C(=O)c2cccnc2C1=O. The Morgan fingerprint density at radius 2 is 1.80 bits per heavy atom. The zero-order chi connectivity index (χ0) is 15.3. The minimum Gasteiger partial charge on any atom is -0.481 e. The minimum atomic E-state index is -1.29. The van der Waals surface area contributed by atoms with E-state index >= 15 is 0 Å². The lowest BCUT2D eigenvalue weighted by Gasteiger charge is -2.43. The minimum absolute atomic E-state index is 0.0757. The Kier molecular flexibility index (Phi) is 2.92. The van der Waals surface area contributed by atoms with Crippen LogP contribution in [0.5, 0.6) is 0 Å². The molecule has 0 spiro atoms. The number of aromatic nitrogens is 1. The van der Waals surface area contributed by atoms with E-state index in [0.29, 0.717) is 0 Å². The molecule has 0 radical (unpaired) electrons. The van der Waals surface area contributed by atoms with Gasteiger partial charge in [0.15, 0.2) is 0 Å². The topological polar surface area (TPSA) is 87.6 Å². The van der Waals surface area contributed by atoms with Crippen LogP contribution in [0.15, 0.2) is 18.3 Å². The maximum absolute atomic E-state index is 12.4. The van der Waals surface area contributed by atoms with E-state index in [9.17, 15) is 19.5 Å². The van der Waals surface area contributed by atoms with Crippen molar-refractivity contribution < 1.29 is 19.5 Å². The van der Waals surface area contributed by atoms with Crippen LogP contribution >= 0.6 is 0 Å². The van der Waals surface area contributed by atoms with E-state index in [4.69, 9.17) is 0 Å². The highest BCUT2D eigenvalue weighted by Gasteiger charge is 2.54. The van der Waals surface area contributed by atoms with Gasteiger partial charge < -0.3 is 5.11 Å². The number of amides is 2. The van der Waals surface area contributed by atoms with E-state index in [1.807, 2.05) is 0 Å². The number of hydrogen-bond donors (Lipinski definition) is 1. The number of carboxylic acids is 1. The maximum Gasteiger partial charge on any atom is 0.311 e. The molecule has 1 aliphatic rings. The molecular weight excluding hydrogens is 260 g/mol. The van der Waals surface area contributed by atoms with E-state index in [1.165, 1.54) is 26.1 Å². The van der Waals surface area contributed by atoms with Gasteiger partial charge in [-0.15, -0.1) is 0 Å². The Labute approximate surface area is 116 Å².